The largest absolute Gasteiger partial charge is 0.445 e. The van der Waals surface area contributed by atoms with Gasteiger partial charge in [-0.05, 0) is 60.6 Å². The standard InChI is InChI=1S/C25H25NO3/c1-14-7-8-18-20(11-14)29-24-22(18)28-19-9-10-27-23(19)26(24)21-15(2)12-17(13-16(21)3)25(4,5)6/h7-13H,1-6H3. The van der Waals surface area contributed by atoms with Crippen LogP contribution in [-0.4, -0.2) is 0 Å². The fourth-order valence-corrected chi connectivity index (χ4v) is 4.09. The highest BCUT2D eigenvalue weighted by molar-refractivity contribution is 5.96. The van der Waals surface area contributed by atoms with Crippen LogP contribution in [0.5, 0.6) is 11.5 Å². The Bertz CT molecular complexity index is 1230. The van der Waals surface area contributed by atoms with Crippen molar-refractivity contribution in [2.45, 2.75) is 47.0 Å². The second-order valence-electron chi connectivity index (χ2n) is 8.97. The minimum atomic E-state index is 0.0803. The topological polar surface area (TPSA) is 38.8 Å². The number of anilines is 3. The molecule has 0 amide bonds. The zero-order valence-electron chi connectivity index (χ0n) is 17.7. The summed E-state index contributed by atoms with van der Waals surface area (Å²) in [5.41, 5.74) is 6.75. The predicted octanol–water partition coefficient (Wildman–Crippen LogP) is 7.82. The van der Waals surface area contributed by atoms with Gasteiger partial charge in [0.2, 0.25) is 0 Å². The van der Waals surface area contributed by atoms with E-state index in [1.165, 1.54) is 16.7 Å². The maximum absolute atomic E-state index is 6.31. The van der Waals surface area contributed by atoms with Crippen LogP contribution in [0.25, 0.3) is 11.0 Å². The number of hydrogen-bond acceptors (Lipinski definition) is 4. The van der Waals surface area contributed by atoms with Gasteiger partial charge in [0, 0.05) is 6.07 Å². The van der Waals surface area contributed by atoms with Gasteiger partial charge in [-0.25, -0.2) is 4.90 Å². The SMILES string of the molecule is Cc1ccc2c3c(oc2c1)N(c1c(C)cc(C(C)(C)C)cc1C)c1occc1O3. The van der Waals surface area contributed by atoms with Crippen LogP contribution in [0.2, 0.25) is 0 Å². The van der Waals surface area contributed by atoms with Crippen molar-refractivity contribution < 1.29 is 13.6 Å². The Morgan fingerprint density at radius 1 is 0.862 bits per heavy atom. The highest BCUT2D eigenvalue weighted by Gasteiger charge is 2.35. The molecule has 0 saturated heterocycles. The number of aryl methyl sites for hydroxylation is 3. The van der Waals surface area contributed by atoms with E-state index in [9.17, 15) is 0 Å². The molecule has 5 rings (SSSR count). The third kappa shape index (κ3) is 2.66. The number of hydrogen-bond donors (Lipinski definition) is 0. The minimum absolute atomic E-state index is 0.0803. The number of benzene rings is 2. The van der Waals surface area contributed by atoms with Gasteiger partial charge in [0.05, 0.1) is 17.3 Å². The van der Waals surface area contributed by atoms with Crippen molar-refractivity contribution in [3.8, 4) is 11.5 Å². The molecule has 0 spiro atoms. The molecule has 0 aliphatic carbocycles. The van der Waals surface area contributed by atoms with Gasteiger partial charge in [-0.2, -0.15) is 0 Å². The Labute approximate surface area is 170 Å². The lowest BCUT2D eigenvalue weighted by atomic mass is 9.84. The molecule has 0 bridgehead atoms. The van der Waals surface area contributed by atoms with Crippen molar-refractivity contribution in [1.82, 2.24) is 0 Å². The van der Waals surface area contributed by atoms with Gasteiger partial charge >= 0.3 is 0 Å². The van der Waals surface area contributed by atoms with Crippen LogP contribution in [-0.2, 0) is 5.41 Å². The van der Waals surface area contributed by atoms with Crippen LogP contribution in [0.4, 0.5) is 17.5 Å². The van der Waals surface area contributed by atoms with Gasteiger partial charge in [-0.1, -0.05) is 39.0 Å². The first kappa shape index (κ1) is 17.9. The van der Waals surface area contributed by atoms with Crippen LogP contribution in [0, 0.1) is 20.8 Å². The molecule has 0 N–H and O–H groups in total. The zero-order chi connectivity index (χ0) is 20.5. The monoisotopic (exact) mass is 387 g/mol. The molecule has 1 aliphatic rings. The molecular formula is C25H25NO3. The van der Waals surface area contributed by atoms with Crippen LogP contribution >= 0.6 is 0 Å². The lowest BCUT2D eigenvalue weighted by Crippen LogP contribution is -2.18. The zero-order valence-corrected chi connectivity index (χ0v) is 17.7. The summed E-state index contributed by atoms with van der Waals surface area (Å²) in [6, 6.07) is 12.5. The molecule has 0 atom stereocenters. The first-order chi connectivity index (χ1) is 13.7. The van der Waals surface area contributed by atoms with Gasteiger partial charge in [0.1, 0.15) is 5.58 Å². The fraction of sp³-hybridized carbons (Fsp3) is 0.280. The second-order valence-corrected chi connectivity index (χ2v) is 8.97. The van der Waals surface area contributed by atoms with Crippen molar-refractivity contribution in [1.29, 1.82) is 0 Å². The summed E-state index contributed by atoms with van der Waals surface area (Å²) in [6.45, 7) is 13.0. The highest BCUT2D eigenvalue weighted by Crippen LogP contribution is 2.56. The summed E-state index contributed by atoms with van der Waals surface area (Å²) < 4.78 is 18.4. The van der Waals surface area contributed by atoms with Gasteiger partial charge in [-0.15, -0.1) is 0 Å². The van der Waals surface area contributed by atoms with E-state index >= 15 is 0 Å². The first-order valence-electron chi connectivity index (χ1n) is 9.94. The molecule has 0 radical (unpaired) electrons. The average molecular weight is 387 g/mol. The molecule has 2 aromatic carbocycles. The smallest absolute Gasteiger partial charge is 0.251 e. The summed E-state index contributed by atoms with van der Waals surface area (Å²) in [4.78, 5) is 2.06. The summed E-state index contributed by atoms with van der Waals surface area (Å²) in [6.07, 6.45) is 1.66. The lowest BCUT2D eigenvalue weighted by Gasteiger charge is -2.30. The van der Waals surface area contributed by atoms with E-state index in [-0.39, 0.29) is 5.41 Å². The number of furan rings is 2. The molecule has 148 valence electrons. The molecule has 2 aromatic heterocycles. The van der Waals surface area contributed by atoms with Crippen molar-refractivity contribution in [3.63, 3.8) is 0 Å². The fourth-order valence-electron chi connectivity index (χ4n) is 4.09. The van der Waals surface area contributed by atoms with Crippen molar-refractivity contribution in [3.05, 3.63) is 64.9 Å². The average Bonchev–Trinajstić information content (AvgIpc) is 3.23. The first-order valence-corrected chi connectivity index (χ1v) is 9.94. The van der Waals surface area contributed by atoms with Crippen LogP contribution < -0.4 is 9.64 Å². The number of nitrogens with zero attached hydrogens (tertiary/aromatic N) is 1. The van der Waals surface area contributed by atoms with E-state index in [4.69, 9.17) is 13.6 Å². The Kier molecular flexibility index (Phi) is 3.66. The van der Waals surface area contributed by atoms with Gasteiger partial charge < -0.3 is 13.6 Å². The van der Waals surface area contributed by atoms with Crippen LogP contribution in [0.3, 0.4) is 0 Å². The molecule has 0 saturated carbocycles. The summed E-state index contributed by atoms with van der Waals surface area (Å²) >= 11 is 0. The van der Waals surface area contributed by atoms with Crippen molar-refractivity contribution in [2.24, 2.45) is 0 Å². The molecule has 4 nitrogen and oxygen atoms in total. The third-order valence-corrected chi connectivity index (χ3v) is 5.59. The molecule has 3 heterocycles. The molecular weight excluding hydrogens is 362 g/mol. The second kappa shape index (κ2) is 5.93. The Hall–Kier alpha value is -3.14. The summed E-state index contributed by atoms with van der Waals surface area (Å²) in [5, 5.41) is 0.962. The Morgan fingerprint density at radius 2 is 1.59 bits per heavy atom. The van der Waals surface area contributed by atoms with E-state index < -0.39 is 0 Å². The predicted molar refractivity (Wildman–Crippen MR) is 116 cm³/mol. The number of rotatable bonds is 1. The van der Waals surface area contributed by atoms with Gasteiger partial charge in [0.15, 0.2) is 11.5 Å². The molecule has 0 unspecified atom stereocenters. The van der Waals surface area contributed by atoms with E-state index in [0.717, 1.165) is 28.0 Å². The van der Waals surface area contributed by atoms with E-state index in [1.807, 2.05) is 12.1 Å². The summed E-state index contributed by atoms with van der Waals surface area (Å²) in [5.74, 6) is 2.72. The molecule has 1 aliphatic heterocycles. The number of fused-ring (bicyclic) bond motifs is 4. The maximum Gasteiger partial charge on any atom is 0.251 e. The van der Waals surface area contributed by atoms with Gasteiger partial charge in [0.25, 0.3) is 11.8 Å². The van der Waals surface area contributed by atoms with Crippen molar-refractivity contribution in [2.75, 3.05) is 4.90 Å². The van der Waals surface area contributed by atoms with E-state index in [1.54, 1.807) is 6.26 Å². The highest BCUT2D eigenvalue weighted by atomic mass is 16.5. The molecule has 4 aromatic rings. The van der Waals surface area contributed by atoms with Crippen LogP contribution in [0.1, 0.15) is 43.0 Å². The van der Waals surface area contributed by atoms with E-state index in [0.29, 0.717) is 17.5 Å². The van der Waals surface area contributed by atoms with E-state index in [2.05, 4.69) is 70.7 Å². The molecule has 4 heteroatoms. The third-order valence-electron chi connectivity index (χ3n) is 5.59. The molecule has 0 fully saturated rings. The molecule has 29 heavy (non-hydrogen) atoms. The normalized spacial score (nSPS) is 13.4. The lowest BCUT2D eigenvalue weighted by molar-refractivity contribution is 0.443. The Morgan fingerprint density at radius 3 is 2.28 bits per heavy atom. The quantitative estimate of drug-likeness (QED) is 0.294. The van der Waals surface area contributed by atoms with Gasteiger partial charge in [-0.3, -0.25) is 0 Å². The van der Waals surface area contributed by atoms with Crippen molar-refractivity contribution >= 4 is 28.4 Å². The Balaban J connectivity index is 1.78. The minimum Gasteiger partial charge on any atom is -0.445 e. The number of ether oxygens (including phenoxy) is 1. The maximum atomic E-state index is 6.31. The summed E-state index contributed by atoms with van der Waals surface area (Å²) in [7, 11) is 0. The van der Waals surface area contributed by atoms with Crippen LogP contribution in [0.15, 0.2) is 51.5 Å².